The van der Waals surface area contributed by atoms with Gasteiger partial charge in [0, 0.05) is 6.61 Å². The summed E-state index contributed by atoms with van der Waals surface area (Å²) in [7, 11) is -0.791. The number of hydrogen-bond donors (Lipinski definition) is 0. The average molecular weight is 470 g/mol. The summed E-state index contributed by atoms with van der Waals surface area (Å²) in [6.07, 6.45) is -1.88. The fraction of sp³-hybridized carbons (Fsp3) is 0.409. The number of rotatable bonds is 9. The van der Waals surface area contributed by atoms with Gasteiger partial charge < -0.3 is 23.5 Å². The number of ether oxygens (including phenoxy) is 3. The monoisotopic (exact) mass is 470 g/mol. The minimum Gasteiger partial charge on any atom is -0.423 e. The minimum atomic E-state index is -4.84. The number of carbonyl (C=O) groups excluding carboxylic acids is 1. The van der Waals surface area contributed by atoms with Crippen molar-refractivity contribution in [2.24, 2.45) is 0 Å². The Hall–Kier alpha value is -2.63. The van der Waals surface area contributed by atoms with Crippen LogP contribution in [0.15, 0.2) is 42.5 Å². The first kappa shape index (κ1) is 25.0. The molecule has 1 aliphatic rings. The molecule has 178 valence electrons. The molecule has 2 aromatic rings. The molecule has 0 saturated carbocycles. The molecule has 0 aliphatic carbocycles. The Labute approximate surface area is 188 Å². The molecule has 0 amide bonds. The Morgan fingerprint density at radius 3 is 2.33 bits per heavy atom. The number of hydrogen-bond acceptors (Lipinski definition) is 6. The number of halogens is 4. The van der Waals surface area contributed by atoms with Crippen LogP contribution in [0.4, 0.5) is 17.6 Å². The molecule has 1 aliphatic heterocycles. The van der Waals surface area contributed by atoms with Gasteiger partial charge in [-0.3, -0.25) is 0 Å². The summed E-state index contributed by atoms with van der Waals surface area (Å²) in [5.74, 6) is -2.39. The maximum atomic E-state index is 14.5. The van der Waals surface area contributed by atoms with E-state index in [0.29, 0.717) is 25.3 Å². The second-order valence-electron chi connectivity index (χ2n) is 7.35. The second-order valence-corrected chi connectivity index (χ2v) is 7.35. The van der Waals surface area contributed by atoms with Crippen molar-refractivity contribution in [2.75, 3.05) is 19.8 Å². The van der Waals surface area contributed by atoms with Crippen molar-refractivity contribution in [1.82, 2.24) is 0 Å². The molecule has 2 aromatic carbocycles. The van der Waals surface area contributed by atoms with Crippen LogP contribution in [0.25, 0.3) is 0 Å². The van der Waals surface area contributed by atoms with Crippen LogP contribution in [0.2, 0.25) is 0 Å². The zero-order chi connectivity index (χ0) is 23.8. The van der Waals surface area contributed by atoms with Crippen molar-refractivity contribution in [2.45, 2.75) is 38.7 Å². The summed E-state index contributed by atoms with van der Waals surface area (Å²) in [6, 6.07) is 8.00. The quantitative estimate of drug-likeness (QED) is 0.180. The van der Waals surface area contributed by atoms with Gasteiger partial charge in [0.15, 0.2) is 0 Å². The Morgan fingerprint density at radius 2 is 1.73 bits per heavy atom. The zero-order valence-electron chi connectivity index (χ0n) is 17.9. The largest absolute Gasteiger partial charge is 0.573 e. The molecular weight excluding hydrogens is 447 g/mol. The first-order chi connectivity index (χ1) is 15.7. The SMILES string of the molecule is CCCCCOC1COB(c2ccc(C(=O)Oc3ccc(OC(F)(F)F)cc3)c(F)c2)OC1. The Kier molecular flexibility index (Phi) is 8.70. The highest BCUT2D eigenvalue weighted by atomic mass is 19.4. The highest BCUT2D eigenvalue weighted by Crippen LogP contribution is 2.25. The molecule has 0 aromatic heterocycles. The van der Waals surface area contributed by atoms with Gasteiger partial charge in [-0.15, -0.1) is 13.2 Å². The Bertz CT molecular complexity index is 914. The van der Waals surface area contributed by atoms with Crippen molar-refractivity contribution in [3.05, 3.63) is 53.8 Å². The minimum absolute atomic E-state index is 0.0677. The van der Waals surface area contributed by atoms with Gasteiger partial charge in [0.1, 0.15) is 23.4 Å². The zero-order valence-corrected chi connectivity index (χ0v) is 17.9. The standard InChI is InChI=1S/C22H23BF4O6/c1-2-3-4-11-29-18-13-30-23(31-14-18)15-5-10-19(20(24)12-15)21(28)32-16-6-8-17(9-7-16)33-22(25,26)27/h5-10,12,18H,2-4,11,13-14H2,1H3. The van der Waals surface area contributed by atoms with Crippen molar-refractivity contribution in [3.63, 3.8) is 0 Å². The first-order valence-electron chi connectivity index (χ1n) is 10.5. The lowest BCUT2D eigenvalue weighted by Gasteiger charge is -2.27. The van der Waals surface area contributed by atoms with E-state index in [9.17, 15) is 22.4 Å². The Balaban J connectivity index is 1.53. The first-order valence-corrected chi connectivity index (χ1v) is 10.5. The summed E-state index contributed by atoms with van der Waals surface area (Å²) in [6.45, 7) is 3.34. The molecule has 33 heavy (non-hydrogen) atoms. The third-order valence-electron chi connectivity index (χ3n) is 4.72. The maximum absolute atomic E-state index is 14.5. The average Bonchev–Trinajstić information content (AvgIpc) is 2.77. The predicted octanol–water partition coefficient (Wildman–Crippen LogP) is 4.26. The maximum Gasteiger partial charge on any atom is 0.573 e. The summed E-state index contributed by atoms with van der Waals surface area (Å²) < 4.78 is 76.8. The van der Waals surface area contributed by atoms with Gasteiger partial charge in [-0.25, -0.2) is 9.18 Å². The molecule has 1 fully saturated rings. The van der Waals surface area contributed by atoms with Crippen LogP contribution in [0.1, 0.15) is 36.5 Å². The lowest BCUT2D eigenvalue weighted by Crippen LogP contribution is -2.47. The van der Waals surface area contributed by atoms with Gasteiger partial charge in [-0.2, -0.15) is 0 Å². The molecule has 0 N–H and O–H groups in total. The fourth-order valence-electron chi connectivity index (χ4n) is 3.09. The lowest BCUT2D eigenvalue weighted by atomic mass is 9.77. The molecular formula is C22H23BF4O6. The van der Waals surface area contributed by atoms with Crippen LogP contribution in [-0.2, 0) is 14.0 Å². The number of esters is 1. The van der Waals surface area contributed by atoms with Gasteiger partial charge in [-0.1, -0.05) is 25.8 Å². The molecule has 0 radical (unpaired) electrons. The van der Waals surface area contributed by atoms with Crippen molar-refractivity contribution >= 4 is 18.6 Å². The van der Waals surface area contributed by atoms with Gasteiger partial charge in [-0.05, 0) is 48.3 Å². The van der Waals surface area contributed by atoms with Crippen LogP contribution < -0.4 is 14.9 Å². The summed E-state index contributed by atoms with van der Waals surface area (Å²) >= 11 is 0. The highest BCUT2D eigenvalue weighted by Gasteiger charge is 2.32. The summed E-state index contributed by atoms with van der Waals surface area (Å²) in [4.78, 5) is 12.3. The topological polar surface area (TPSA) is 63.2 Å². The lowest BCUT2D eigenvalue weighted by molar-refractivity contribution is -0.274. The molecule has 1 heterocycles. The van der Waals surface area contributed by atoms with Crippen LogP contribution in [0, 0.1) is 5.82 Å². The number of carbonyl (C=O) groups is 1. The summed E-state index contributed by atoms with van der Waals surface area (Å²) in [5, 5.41) is 0. The van der Waals surface area contributed by atoms with E-state index in [0.717, 1.165) is 49.6 Å². The van der Waals surface area contributed by atoms with E-state index in [-0.39, 0.29) is 17.4 Å². The molecule has 0 atom stereocenters. The van der Waals surface area contributed by atoms with E-state index in [1.165, 1.54) is 12.1 Å². The van der Waals surface area contributed by atoms with Crippen LogP contribution in [0.3, 0.4) is 0 Å². The van der Waals surface area contributed by atoms with Crippen LogP contribution in [0.5, 0.6) is 11.5 Å². The second kappa shape index (κ2) is 11.5. The van der Waals surface area contributed by atoms with Crippen molar-refractivity contribution < 1.29 is 45.9 Å². The molecule has 3 rings (SSSR count). The fourth-order valence-corrected chi connectivity index (χ4v) is 3.09. The molecule has 0 bridgehead atoms. The highest BCUT2D eigenvalue weighted by molar-refractivity contribution is 6.61. The van der Waals surface area contributed by atoms with E-state index in [2.05, 4.69) is 11.7 Å². The molecule has 0 spiro atoms. The Morgan fingerprint density at radius 1 is 1.06 bits per heavy atom. The number of benzene rings is 2. The number of alkyl halides is 3. The van der Waals surface area contributed by atoms with Crippen LogP contribution >= 0.6 is 0 Å². The molecule has 11 heteroatoms. The van der Waals surface area contributed by atoms with Crippen LogP contribution in [-0.4, -0.2) is 45.4 Å². The normalized spacial score (nSPS) is 14.9. The van der Waals surface area contributed by atoms with E-state index in [1.807, 2.05) is 0 Å². The van der Waals surface area contributed by atoms with E-state index < -0.39 is 31.0 Å². The van der Waals surface area contributed by atoms with Gasteiger partial charge in [0.2, 0.25) is 0 Å². The summed E-state index contributed by atoms with van der Waals surface area (Å²) in [5.41, 5.74) is 0.0458. The van der Waals surface area contributed by atoms with Gasteiger partial charge >= 0.3 is 19.5 Å². The predicted molar refractivity (Wildman–Crippen MR) is 111 cm³/mol. The van der Waals surface area contributed by atoms with Gasteiger partial charge in [0.25, 0.3) is 0 Å². The van der Waals surface area contributed by atoms with E-state index in [1.54, 1.807) is 0 Å². The smallest absolute Gasteiger partial charge is 0.423 e. The third-order valence-corrected chi connectivity index (χ3v) is 4.72. The molecule has 0 unspecified atom stereocenters. The number of unbranched alkanes of at least 4 members (excludes halogenated alkanes) is 2. The van der Waals surface area contributed by atoms with Gasteiger partial charge in [0.05, 0.1) is 18.8 Å². The van der Waals surface area contributed by atoms with E-state index >= 15 is 0 Å². The molecule has 1 saturated heterocycles. The van der Waals surface area contributed by atoms with Crippen molar-refractivity contribution in [3.8, 4) is 11.5 Å². The van der Waals surface area contributed by atoms with Crippen molar-refractivity contribution in [1.29, 1.82) is 0 Å². The third kappa shape index (κ3) is 7.73. The molecule has 6 nitrogen and oxygen atoms in total. The van der Waals surface area contributed by atoms with E-state index in [4.69, 9.17) is 18.8 Å².